The predicted molar refractivity (Wildman–Crippen MR) is 76.2 cm³/mol. The second kappa shape index (κ2) is 8.30. The molecule has 1 aliphatic heterocycles. The molecule has 5 heteroatoms. The first kappa shape index (κ1) is 14.5. The smallest absolute Gasteiger partial charge is 0.0945 e. The number of aromatic nitrogens is 2. The van der Waals surface area contributed by atoms with Crippen LogP contribution in [0.15, 0.2) is 18.7 Å². The molecule has 1 aromatic heterocycles. The van der Waals surface area contributed by atoms with Crippen LogP contribution in [-0.4, -0.2) is 59.9 Å². The van der Waals surface area contributed by atoms with Gasteiger partial charge in [-0.05, 0) is 19.4 Å². The number of imidazole rings is 1. The molecule has 0 radical (unpaired) electrons. The van der Waals surface area contributed by atoms with Crippen LogP contribution < -0.4 is 5.32 Å². The second-order valence-corrected chi connectivity index (χ2v) is 5.12. The van der Waals surface area contributed by atoms with E-state index in [4.69, 9.17) is 4.74 Å². The fraction of sp³-hybridized carbons (Fsp3) is 0.786. The molecule has 1 fully saturated rings. The maximum atomic E-state index is 5.60. The summed E-state index contributed by atoms with van der Waals surface area (Å²) in [6.45, 7) is 9.32. The minimum atomic E-state index is 0.531. The quantitative estimate of drug-likeness (QED) is 0.712. The SMILES string of the molecule is CCCNCC1COCCN1CCCn1ccnc1. The van der Waals surface area contributed by atoms with Gasteiger partial charge in [-0.25, -0.2) is 4.98 Å². The van der Waals surface area contributed by atoms with Gasteiger partial charge in [0.15, 0.2) is 0 Å². The molecule has 19 heavy (non-hydrogen) atoms. The van der Waals surface area contributed by atoms with Gasteiger partial charge in [0.25, 0.3) is 0 Å². The van der Waals surface area contributed by atoms with E-state index in [1.54, 1.807) is 0 Å². The highest BCUT2D eigenvalue weighted by Gasteiger charge is 2.21. The molecule has 1 N–H and O–H groups in total. The van der Waals surface area contributed by atoms with Crippen molar-refractivity contribution in [2.45, 2.75) is 32.4 Å². The van der Waals surface area contributed by atoms with E-state index in [2.05, 4.69) is 26.7 Å². The van der Waals surface area contributed by atoms with Gasteiger partial charge in [0.05, 0.1) is 19.5 Å². The number of morpholine rings is 1. The first-order chi connectivity index (χ1) is 9.40. The summed E-state index contributed by atoms with van der Waals surface area (Å²) in [5.41, 5.74) is 0. The molecule has 0 amide bonds. The Morgan fingerprint density at radius 2 is 2.37 bits per heavy atom. The monoisotopic (exact) mass is 266 g/mol. The lowest BCUT2D eigenvalue weighted by molar-refractivity contribution is -0.00753. The topological polar surface area (TPSA) is 42.3 Å². The lowest BCUT2D eigenvalue weighted by Crippen LogP contribution is -2.50. The summed E-state index contributed by atoms with van der Waals surface area (Å²) >= 11 is 0. The number of aryl methyl sites for hydroxylation is 1. The highest BCUT2D eigenvalue weighted by atomic mass is 16.5. The van der Waals surface area contributed by atoms with Crippen LogP contribution in [0.3, 0.4) is 0 Å². The van der Waals surface area contributed by atoms with E-state index in [-0.39, 0.29) is 0 Å². The summed E-state index contributed by atoms with van der Waals surface area (Å²) < 4.78 is 7.74. The number of nitrogens with zero attached hydrogens (tertiary/aromatic N) is 3. The van der Waals surface area contributed by atoms with Crippen LogP contribution in [0.1, 0.15) is 19.8 Å². The van der Waals surface area contributed by atoms with Gasteiger partial charge in [0.2, 0.25) is 0 Å². The van der Waals surface area contributed by atoms with Crippen molar-refractivity contribution in [3.8, 4) is 0 Å². The molecular formula is C14H26N4O. The summed E-state index contributed by atoms with van der Waals surface area (Å²) in [7, 11) is 0. The zero-order valence-corrected chi connectivity index (χ0v) is 11.9. The Bertz CT molecular complexity index is 328. The maximum Gasteiger partial charge on any atom is 0.0945 e. The number of ether oxygens (including phenoxy) is 1. The third kappa shape index (κ3) is 4.93. The molecule has 1 saturated heterocycles. The molecule has 0 aromatic carbocycles. The van der Waals surface area contributed by atoms with Crippen LogP contribution in [0.2, 0.25) is 0 Å². The van der Waals surface area contributed by atoms with Gasteiger partial charge in [0, 0.05) is 44.6 Å². The summed E-state index contributed by atoms with van der Waals surface area (Å²) in [5, 5.41) is 3.50. The van der Waals surface area contributed by atoms with Gasteiger partial charge < -0.3 is 14.6 Å². The molecule has 0 bridgehead atoms. The van der Waals surface area contributed by atoms with Crippen LogP contribution >= 0.6 is 0 Å². The van der Waals surface area contributed by atoms with Gasteiger partial charge in [-0.2, -0.15) is 0 Å². The standard InChI is InChI=1S/C14H26N4O/c1-2-4-15-11-14-12-19-10-9-18(14)7-3-6-17-8-5-16-13-17/h5,8,13-15H,2-4,6-7,9-12H2,1H3. The van der Waals surface area contributed by atoms with Crippen LogP contribution in [0.25, 0.3) is 0 Å². The molecule has 1 atom stereocenters. The molecule has 5 nitrogen and oxygen atoms in total. The molecule has 2 rings (SSSR count). The molecule has 2 heterocycles. The Labute approximate surface area is 116 Å². The van der Waals surface area contributed by atoms with E-state index < -0.39 is 0 Å². The van der Waals surface area contributed by atoms with Crippen LogP contribution in [0, 0.1) is 0 Å². The molecule has 1 aliphatic rings. The van der Waals surface area contributed by atoms with E-state index in [1.165, 1.54) is 12.8 Å². The average molecular weight is 266 g/mol. The number of hydrogen-bond donors (Lipinski definition) is 1. The van der Waals surface area contributed by atoms with Gasteiger partial charge in [0.1, 0.15) is 0 Å². The predicted octanol–water partition coefficient (Wildman–Crippen LogP) is 0.974. The average Bonchev–Trinajstić information content (AvgIpc) is 2.94. The van der Waals surface area contributed by atoms with E-state index in [9.17, 15) is 0 Å². The molecule has 0 spiro atoms. The van der Waals surface area contributed by atoms with Crippen molar-refractivity contribution in [3.63, 3.8) is 0 Å². The minimum Gasteiger partial charge on any atom is -0.378 e. The summed E-state index contributed by atoms with van der Waals surface area (Å²) in [5.74, 6) is 0. The largest absolute Gasteiger partial charge is 0.378 e. The summed E-state index contributed by atoms with van der Waals surface area (Å²) in [6.07, 6.45) is 8.11. The molecule has 0 aliphatic carbocycles. The fourth-order valence-corrected chi connectivity index (χ4v) is 2.49. The van der Waals surface area contributed by atoms with E-state index >= 15 is 0 Å². The summed E-state index contributed by atoms with van der Waals surface area (Å²) in [4.78, 5) is 6.63. The van der Waals surface area contributed by atoms with Gasteiger partial charge in [-0.3, -0.25) is 4.90 Å². The molecule has 1 unspecified atom stereocenters. The van der Waals surface area contributed by atoms with Crippen molar-refractivity contribution in [2.24, 2.45) is 0 Å². The number of hydrogen-bond acceptors (Lipinski definition) is 4. The Balaban J connectivity index is 1.69. The van der Waals surface area contributed by atoms with Gasteiger partial charge >= 0.3 is 0 Å². The van der Waals surface area contributed by atoms with Crippen LogP contribution in [0.4, 0.5) is 0 Å². The summed E-state index contributed by atoms with van der Waals surface area (Å²) in [6, 6.07) is 0.531. The van der Waals surface area contributed by atoms with Crippen molar-refractivity contribution >= 4 is 0 Å². The van der Waals surface area contributed by atoms with Crippen LogP contribution in [0.5, 0.6) is 0 Å². The van der Waals surface area contributed by atoms with Crippen molar-refractivity contribution in [1.82, 2.24) is 19.8 Å². The van der Waals surface area contributed by atoms with Gasteiger partial charge in [-0.1, -0.05) is 6.92 Å². The zero-order chi connectivity index (χ0) is 13.3. The van der Waals surface area contributed by atoms with Crippen molar-refractivity contribution in [2.75, 3.05) is 39.4 Å². The van der Waals surface area contributed by atoms with Crippen molar-refractivity contribution in [1.29, 1.82) is 0 Å². The van der Waals surface area contributed by atoms with Gasteiger partial charge in [-0.15, -0.1) is 0 Å². The highest BCUT2D eigenvalue weighted by Crippen LogP contribution is 2.07. The number of rotatable bonds is 8. The Hall–Kier alpha value is -0.910. The zero-order valence-electron chi connectivity index (χ0n) is 11.9. The fourth-order valence-electron chi connectivity index (χ4n) is 2.49. The molecular weight excluding hydrogens is 240 g/mol. The molecule has 1 aromatic rings. The lowest BCUT2D eigenvalue weighted by atomic mass is 10.2. The first-order valence-corrected chi connectivity index (χ1v) is 7.38. The second-order valence-electron chi connectivity index (χ2n) is 5.12. The van der Waals surface area contributed by atoms with Crippen LogP contribution in [-0.2, 0) is 11.3 Å². The lowest BCUT2D eigenvalue weighted by Gasteiger charge is -2.35. The van der Waals surface area contributed by atoms with E-state index in [0.717, 1.165) is 45.9 Å². The normalized spacial score (nSPS) is 20.8. The van der Waals surface area contributed by atoms with E-state index in [1.807, 2.05) is 18.7 Å². The van der Waals surface area contributed by atoms with Crippen molar-refractivity contribution < 1.29 is 4.74 Å². The first-order valence-electron chi connectivity index (χ1n) is 7.38. The third-order valence-electron chi connectivity index (χ3n) is 3.58. The molecule has 0 saturated carbocycles. The maximum absolute atomic E-state index is 5.60. The molecule has 108 valence electrons. The third-order valence-corrected chi connectivity index (χ3v) is 3.58. The highest BCUT2D eigenvalue weighted by molar-refractivity contribution is 4.78. The Morgan fingerprint density at radius 3 is 3.16 bits per heavy atom. The Kier molecular flexibility index (Phi) is 6.33. The van der Waals surface area contributed by atoms with E-state index in [0.29, 0.717) is 6.04 Å². The minimum absolute atomic E-state index is 0.531. The Morgan fingerprint density at radius 1 is 1.42 bits per heavy atom. The number of nitrogens with one attached hydrogen (secondary N) is 1. The van der Waals surface area contributed by atoms with Crippen molar-refractivity contribution in [3.05, 3.63) is 18.7 Å².